The van der Waals surface area contributed by atoms with Gasteiger partial charge in [0.1, 0.15) is 5.75 Å². The molecule has 1 atom stereocenters. The normalized spacial score (nSPS) is 12.2. The van der Waals surface area contributed by atoms with Gasteiger partial charge in [-0.2, -0.15) is 0 Å². The first-order valence-electron chi connectivity index (χ1n) is 9.49. The highest BCUT2D eigenvalue weighted by atomic mass is 32.2. The van der Waals surface area contributed by atoms with Gasteiger partial charge >= 0.3 is 5.97 Å². The molecule has 0 aliphatic carbocycles. The molecule has 0 radical (unpaired) electrons. The Morgan fingerprint density at radius 3 is 2.10 bits per heavy atom. The zero-order valence-electron chi connectivity index (χ0n) is 17.3. The van der Waals surface area contributed by atoms with Crippen molar-refractivity contribution in [3.05, 3.63) is 54.1 Å². The molecular formula is C21H26N2O6S. The third-order valence-corrected chi connectivity index (χ3v) is 5.29. The Morgan fingerprint density at radius 2 is 1.57 bits per heavy atom. The topological polar surface area (TPSA) is 111 Å². The van der Waals surface area contributed by atoms with Crippen molar-refractivity contribution < 1.29 is 27.5 Å². The van der Waals surface area contributed by atoms with E-state index in [0.717, 1.165) is 0 Å². The Labute approximate surface area is 176 Å². The highest BCUT2D eigenvalue weighted by molar-refractivity contribution is 7.92. The Morgan fingerprint density at radius 1 is 0.967 bits per heavy atom. The Bertz CT molecular complexity index is 970. The minimum absolute atomic E-state index is 0.00602. The quantitative estimate of drug-likeness (QED) is 0.587. The standard InChI is InChI=1S/C21H26N2O6S/c1-5-28-21(25)16-6-8-17(9-7-16)23-30(26,27)19-12-10-18(11-13-19)29-15(4)20(24)22-14(2)3/h6-15,23H,5H2,1-4H3,(H,22,24)/t15-/m1/s1. The lowest BCUT2D eigenvalue weighted by Crippen LogP contribution is -2.40. The second-order valence-corrected chi connectivity index (χ2v) is 8.48. The summed E-state index contributed by atoms with van der Waals surface area (Å²) < 4.78 is 38.0. The van der Waals surface area contributed by atoms with Crippen molar-refractivity contribution in [1.29, 1.82) is 0 Å². The first kappa shape index (κ1) is 23.2. The van der Waals surface area contributed by atoms with Crippen LogP contribution in [0.15, 0.2) is 53.4 Å². The zero-order valence-corrected chi connectivity index (χ0v) is 18.2. The summed E-state index contributed by atoms with van der Waals surface area (Å²) in [6.45, 7) is 7.28. The molecule has 0 unspecified atom stereocenters. The lowest BCUT2D eigenvalue weighted by molar-refractivity contribution is -0.127. The fraction of sp³-hybridized carbons (Fsp3) is 0.333. The van der Waals surface area contributed by atoms with E-state index in [4.69, 9.17) is 9.47 Å². The molecule has 0 fully saturated rings. The number of esters is 1. The molecule has 0 aliphatic heterocycles. The molecule has 0 aromatic heterocycles. The summed E-state index contributed by atoms with van der Waals surface area (Å²) >= 11 is 0. The first-order valence-corrected chi connectivity index (χ1v) is 11.0. The van der Waals surface area contributed by atoms with Gasteiger partial charge in [0.2, 0.25) is 0 Å². The van der Waals surface area contributed by atoms with Crippen molar-refractivity contribution in [3.8, 4) is 5.75 Å². The van der Waals surface area contributed by atoms with Crippen molar-refractivity contribution in [2.75, 3.05) is 11.3 Å². The fourth-order valence-electron chi connectivity index (χ4n) is 2.46. The van der Waals surface area contributed by atoms with Gasteiger partial charge in [-0.15, -0.1) is 0 Å². The van der Waals surface area contributed by atoms with Gasteiger partial charge in [0.05, 0.1) is 17.1 Å². The summed E-state index contributed by atoms with van der Waals surface area (Å²) in [6, 6.07) is 11.7. The monoisotopic (exact) mass is 434 g/mol. The maximum Gasteiger partial charge on any atom is 0.338 e. The van der Waals surface area contributed by atoms with Crippen molar-refractivity contribution in [2.45, 2.75) is 44.7 Å². The average molecular weight is 435 g/mol. The summed E-state index contributed by atoms with van der Waals surface area (Å²) in [4.78, 5) is 23.6. The molecule has 0 spiro atoms. The molecule has 8 nitrogen and oxygen atoms in total. The Balaban J connectivity index is 2.04. The zero-order chi connectivity index (χ0) is 22.3. The molecular weight excluding hydrogens is 408 g/mol. The lowest BCUT2D eigenvalue weighted by Gasteiger charge is -2.16. The highest BCUT2D eigenvalue weighted by Gasteiger charge is 2.18. The minimum atomic E-state index is -3.84. The summed E-state index contributed by atoms with van der Waals surface area (Å²) in [7, 11) is -3.84. The van der Waals surface area contributed by atoms with Crippen LogP contribution in [-0.4, -0.2) is 39.0 Å². The number of amides is 1. The van der Waals surface area contributed by atoms with Gasteiger partial charge in [-0.3, -0.25) is 9.52 Å². The second kappa shape index (κ2) is 10.1. The number of carbonyl (C=O) groups excluding carboxylic acids is 2. The molecule has 0 heterocycles. The maximum absolute atomic E-state index is 12.6. The molecule has 30 heavy (non-hydrogen) atoms. The molecule has 0 bridgehead atoms. The number of sulfonamides is 1. The number of hydrogen-bond acceptors (Lipinski definition) is 6. The molecule has 1 amide bonds. The number of benzene rings is 2. The summed E-state index contributed by atoms with van der Waals surface area (Å²) in [5.74, 6) is -0.354. The van der Waals surface area contributed by atoms with E-state index in [-0.39, 0.29) is 23.5 Å². The molecule has 2 aromatic rings. The molecule has 2 aromatic carbocycles. The van der Waals surface area contributed by atoms with Crippen LogP contribution >= 0.6 is 0 Å². The van der Waals surface area contributed by atoms with Crippen LogP contribution in [0, 0.1) is 0 Å². The van der Waals surface area contributed by atoms with Crippen LogP contribution in [0.2, 0.25) is 0 Å². The summed E-state index contributed by atoms with van der Waals surface area (Å²) in [6.07, 6.45) is -0.717. The van der Waals surface area contributed by atoms with Crippen LogP contribution in [0.1, 0.15) is 38.1 Å². The van der Waals surface area contributed by atoms with E-state index in [2.05, 4.69) is 10.0 Å². The predicted octanol–water partition coefficient (Wildman–Crippen LogP) is 2.96. The summed E-state index contributed by atoms with van der Waals surface area (Å²) in [5, 5.41) is 2.74. The number of rotatable bonds is 9. The number of ether oxygens (including phenoxy) is 2. The second-order valence-electron chi connectivity index (χ2n) is 6.80. The van der Waals surface area contributed by atoms with Gasteiger partial charge in [-0.1, -0.05) is 0 Å². The molecule has 0 saturated carbocycles. The van der Waals surface area contributed by atoms with E-state index in [1.165, 1.54) is 48.5 Å². The minimum Gasteiger partial charge on any atom is -0.481 e. The van der Waals surface area contributed by atoms with Gasteiger partial charge < -0.3 is 14.8 Å². The van der Waals surface area contributed by atoms with Gasteiger partial charge in [-0.05, 0) is 76.2 Å². The van der Waals surface area contributed by atoms with Gasteiger partial charge in [0.25, 0.3) is 15.9 Å². The van der Waals surface area contributed by atoms with E-state index < -0.39 is 22.1 Å². The molecule has 2 N–H and O–H groups in total. The Hall–Kier alpha value is -3.07. The average Bonchev–Trinajstić information content (AvgIpc) is 2.68. The van der Waals surface area contributed by atoms with Crippen molar-refractivity contribution in [3.63, 3.8) is 0 Å². The predicted molar refractivity (Wildman–Crippen MR) is 113 cm³/mol. The van der Waals surface area contributed by atoms with Crippen LogP contribution < -0.4 is 14.8 Å². The molecule has 9 heteroatoms. The van der Waals surface area contributed by atoms with E-state index >= 15 is 0 Å². The third kappa shape index (κ3) is 6.48. The number of nitrogens with one attached hydrogen (secondary N) is 2. The van der Waals surface area contributed by atoms with Crippen LogP contribution in [0.25, 0.3) is 0 Å². The highest BCUT2D eigenvalue weighted by Crippen LogP contribution is 2.20. The van der Waals surface area contributed by atoms with Gasteiger partial charge in [0.15, 0.2) is 6.10 Å². The smallest absolute Gasteiger partial charge is 0.338 e. The molecule has 162 valence electrons. The van der Waals surface area contributed by atoms with Crippen molar-refractivity contribution in [2.24, 2.45) is 0 Å². The molecule has 0 saturated heterocycles. The number of carbonyl (C=O) groups is 2. The van der Waals surface area contributed by atoms with Crippen molar-refractivity contribution in [1.82, 2.24) is 5.32 Å². The van der Waals surface area contributed by atoms with Gasteiger partial charge in [-0.25, -0.2) is 13.2 Å². The van der Waals surface area contributed by atoms with Crippen LogP contribution in [0.5, 0.6) is 5.75 Å². The maximum atomic E-state index is 12.6. The van der Waals surface area contributed by atoms with E-state index in [0.29, 0.717) is 17.0 Å². The van der Waals surface area contributed by atoms with E-state index in [1.807, 2.05) is 13.8 Å². The molecule has 2 rings (SSSR count). The number of anilines is 1. The van der Waals surface area contributed by atoms with Crippen LogP contribution in [0.3, 0.4) is 0 Å². The lowest BCUT2D eigenvalue weighted by atomic mass is 10.2. The van der Waals surface area contributed by atoms with E-state index in [1.54, 1.807) is 13.8 Å². The summed E-state index contributed by atoms with van der Waals surface area (Å²) in [5.41, 5.74) is 0.638. The Kier molecular flexibility index (Phi) is 7.82. The fourth-order valence-corrected chi connectivity index (χ4v) is 3.52. The SMILES string of the molecule is CCOC(=O)c1ccc(NS(=O)(=O)c2ccc(O[C@H](C)C(=O)NC(C)C)cc2)cc1. The van der Waals surface area contributed by atoms with Crippen LogP contribution in [0.4, 0.5) is 5.69 Å². The van der Waals surface area contributed by atoms with Crippen molar-refractivity contribution >= 4 is 27.6 Å². The largest absolute Gasteiger partial charge is 0.481 e. The number of hydrogen-bond donors (Lipinski definition) is 2. The van der Waals surface area contributed by atoms with Gasteiger partial charge in [0, 0.05) is 11.7 Å². The van der Waals surface area contributed by atoms with Crippen LogP contribution in [-0.2, 0) is 19.6 Å². The molecule has 0 aliphatic rings. The third-order valence-electron chi connectivity index (χ3n) is 3.90. The first-order chi connectivity index (χ1) is 14.1. The van der Waals surface area contributed by atoms with E-state index in [9.17, 15) is 18.0 Å².